The van der Waals surface area contributed by atoms with Crippen LogP contribution in [0.5, 0.6) is 23.0 Å². The van der Waals surface area contributed by atoms with Gasteiger partial charge in [-0.2, -0.15) is 0 Å². The Hall–Kier alpha value is 1.27. The van der Waals surface area contributed by atoms with Gasteiger partial charge < -0.3 is 69.6 Å². The Labute approximate surface area is 1060 Å². The minimum atomic E-state index is -5.37. The fraction of sp³-hybridized carbons (Fsp3) is 0.391. The summed E-state index contributed by atoms with van der Waals surface area (Å²) < 4.78 is 75.8. The van der Waals surface area contributed by atoms with Gasteiger partial charge in [-0.3, -0.25) is 33.1 Å². The molecule has 0 spiro atoms. The van der Waals surface area contributed by atoms with Crippen molar-refractivity contribution >= 4 is 358 Å². The van der Waals surface area contributed by atoms with Crippen LogP contribution < -0.4 is 127 Å². The Kier molecular flexibility index (Phi) is 125. The molecule has 0 aromatic heterocycles. The number of rotatable bonds is 39. The number of terminal acetylenes is 4. The predicted molar refractivity (Wildman–Crippen MR) is 671 cm³/mol. The summed E-state index contributed by atoms with van der Waals surface area (Å²) in [6.45, 7) is 19.0. The third-order valence-electron chi connectivity index (χ3n) is 16.2. The number of aldehydes is 4. The molecular formula is C87H111BrK2O23P4S29. The number of phenols is 1. The summed E-state index contributed by atoms with van der Waals surface area (Å²) in [7, 11) is 21.7. The number of phosphoric acid groups is 2. The van der Waals surface area contributed by atoms with Gasteiger partial charge in [0, 0.05) is 330 Å². The van der Waals surface area contributed by atoms with E-state index in [0.717, 1.165) is 111 Å². The van der Waals surface area contributed by atoms with Gasteiger partial charge in [0.1, 0.15) is 68.0 Å². The van der Waals surface area contributed by atoms with Crippen LogP contribution in [0.1, 0.15) is 210 Å². The molecule has 0 bridgehead atoms. The zero-order chi connectivity index (χ0) is 110. The Morgan fingerprint density at radius 3 is 1.01 bits per heavy atom. The second-order valence-electron chi connectivity index (χ2n) is 27.2. The summed E-state index contributed by atoms with van der Waals surface area (Å²) in [5.41, 5.74) is 13.5. The molecule has 2 aliphatic rings. The molecule has 23 nitrogen and oxygen atoms in total. The zero-order valence-electron chi connectivity index (χ0n) is 82.6. The number of phosphoric ester groups is 1. The molecule has 6 atom stereocenters. The summed E-state index contributed by atoms with van der Waals surface area (Å²) >= 11 is 44.0. The summed E-state index contributed by atoms with van der Waals surface area (Å²) in [5.74, 6) is 11.6. The first-order valence-electron chi connectivity index (χ1n) is 41.1. The van der Waals surface area contributed by atoms with Crippen molar-refractivity contribution in [2.75, 3.05) is 64.8 Å². The Bertz CT molecular complexity index is 6140. The number of aliphatic hydroxyl groups is 1. The van der Waals surface area contributed by atoms with Crippen LogP contribution in [0, 0.1) is 49.4 Å². The molecule has 0 radical (unpaired) electrons. The van der Waals surface area contributed by atoms with Crippen molar-refractivity contribution in [2.45, 2.75) is 158 Å². The fourth-order valence-electron chi connectivity index (χ4n) is 9.77. The van der Waals surface area contributed by atoms with E-state index in [0.29, 0.717) is 120 Å². The minimum absolute atomic E-state index is 0. The predicted octanol–water partition coefficient (Wildman–Crippen LogP) is 10.9. The smallest absolute Gasteiger partial charge is 1.00 e. The molecule has 0 aliphatic carbocycles. The van der Waals surface area contributed by atoms with Crippen LogP contribution in [0.15, 0.2) is 166 Å². The van der Waals surface area contributed by atoms with E-state index in [2.05, 4.69) is 215 Å². The quantitative estimate of drug-likeness (QED) is 0.00471. The first-order chi connectivity index (χ1) is 69.4. The van der Waals surface area contributed by atoms with Crippen molar-refractivity contribution in [3.63, 3.8) is 0 Å². The second-order valence-corrected chi connectivity index (χ2v) is 68.7. The normalized spacial score (nSPS) is 13.6. The van der Waals surface area contributed by atoms with E-state index >= 15 is 0 Å². The maximum Gasteiger partial charge on any atom is 1.00 e. The Morgan fingerprint density at radius 1 is 0.473 bits per heavy atom. The van der Waals surface area contributed by atoms with E-state index in [1.54, 1.807) is 168 Å². The van der Waals surface area contributed by atoms with Crippen molar-refractivity contribution < 1.29 is 214 Å². The fourth-order valence-corrected chi connectivity index (χ4v) is 44.4. The van der Waals surface area contributed by atoms with Gasteiger partial charge in [0.15, 0.2) is 31.4 Å². The summed E-state index contributed by atoms with van der Waals surface area (Å²) in [6, 6.07) is 19.4. The Morgan fingerprint density at radius 2 is 0.753 bits per heavy atom. The average Bonchev–Trinajstić information content (AvgIpc) is 0.884. The van der Waals surface area contributed by atoms with Crippen LogP contribution >= 0.6 is 47.5 Å². The zero-order valence-corrected chi connectivity index (χ0v) is 116. The van der Waals surface area contributed by atoms with Crippen LogP contribution in [-0.2, 0) is 326 Å². The van der Waals surface area contributed by atoms with E-state index in [9.17, 15) is 33.2 Å². The molecule has 6 rings (SSSR count). The largest absolute Gasteiger partial charge is 1.00 e. The van der Waals surface area contributed by atoms with Crippen molar-refractivity contribution in [3.05, 3.63) is 210 Å². The first kappa shape index (κ1) is 158. The molecule has 4 aromatic rings. The monoisotopic (exact) mass is 2730 g/mol. The topological polar surface area (TPSA) is 339 Å². The van der Waals surface area contributed by atoms with Gasteiger partial charge in [0.25, 0.3) is 14.3 Å². The third kappa shape index (κ3) is 108. The number of alkyl halides is 1. The van der Waals surface area contributed by atoms with Gasteiger partial charge in [-0.05, 0) is 235 Å². The molecule has 2 heterocycles. The van der Waals surface area contributed by atoms with Gasteiger partial charge in [-0.1, -0.05) is 116 Å². The van der Waals surface area contributed by atoms with Crippen LogP contribution in [0.2, 0.25) is 0 Å². The van der Waals surface area contributed by atoms with E-state index in [-0.39, 0.29) is 142 Å². The SMILES string of the molecule is C#Cc1cc(C=O)cc(OC/C(C)=C/CC/C(C)=C/CO)c1.C#Cc1cc(C=O)cc(OC/C(C)=C/CC/C(C)=C/COC2CCCCO2)c1.C#Cc1cc(C=O)cc(OC/C(C)=C/CC/C(C)=C/COP(=O)(O)OP(=O)([O-])O)c1.C#Cc1cc(O)cc(C=O)c1.C/C(=C\CC/C(C)=C/COC1CCCCO1)CBr.O=CO[O-].S=S=S=S.S=S=S=S=S=S=S.S=S=S=S=S=S=S=S.S=S=S=S=S=S=S=S=S.[3H][P+](P)=S.[H-].[K+].[K+]. The molecule has 0 saturated carbocycles. The number of ether oxygens (including phenoxy) is 7. The summed E-state index contributed by atoms with van der Waals surface area (Å²) in [6.07, 6.45) is 54.2. The maximum atomic E-state index is 11.3. The molecule has 59 heteroatoms. The van der Waals surface area contributed by atoms with Gasteiger partial charge in [-0.25, -0.2) is 8.88 Å². The second kappa shape index (κ2) is 116. The van der Waals surface area contributed by atoms with E-state index in [1.807, 2.05) is 39.8 Å². The summed E-state index contributed by atoms with van der Waals surface area (Å²) in [5, 5.41) is 27.2. The third-order valence-corrected chi connectivity index (χ3v) is 54.7. The molecule has 146 heavy (non-hydrogen) atoms. The number of allylic oxidation sites excluding steroid dienone is 9. The molecule has 2 fully saturated rings. The number of benzene rings is 4. The van der Waals surface area contributed by atoms with E-state index < -0.39 is 22.6 Å². The van der Waals surface area contributed by atoms with E-state index in [1.165, 1.54) is 137 Å². The number of aliphatic hydroxyl groups excluding tert-OH is 1. The van der Waals surface area contributed by atoms with Gasteiger partial charge in [0.05, 0.1) is 35.4 Å². The number of hydrogen-bond acceptors (Lipinski definition) is 30. The first-order valence-corrected chi connectivity index (χ1v) is 80.3. The molecule has 2 aliphatic heterocycles. The molecule has 4 aromatic carbocycles. The number of phenolic OH excluding ortho intramolecular Hbond substituents is 1. The van der Waals surface area contributed by atoms with Crippen molar-refractivity contribution in [1.82, 2.24) is 0 Å². The average molecular weight is 2740 g/mol. The van der Waals surface area contributed by atoms with Gasteiger partial charge in [0.2, 0.25) is 0 Å². The summed E-state index contributed by atoms with van der Waals surface area (Å²) in [4.78, 5) is 82.3. The number of carbonyl (C=O) groups is 5. The van der Waals surface area contributed by atoms with Crippen molar-refractivity contribution in [2.24, 2.45) is 0 Å². The van der Waals surface area contributed by atoms with Crippen LogP contribution in [0.25, 0.3) is 0 Å². The molecule has 0 amide bonds. The van der Waals surface area contributed by atoms with Gasteiger partial charge in [-0.15, -0.1) is 25.7 Å². The van der Waals surface area contributed by atoms with E-state index in [4.69, 9.17) is 90.2 Å². The molecule has 2 saturated heterocycles. The number of carbonyl (C=O) groups excluding carboxylic acids is 5. The minimum Gasteiger partial charge on any atom is -1.00 e. The van der Waals surface area contributed by atoms with Crippen molar-refractivity contribution in [3.8, 4) is 72.4 Å². The van der Waals surface area contributed by atoms with Crippen molar-refractivity contribution in [1.29, 1.82) is 1.28 Å². The van der Waals surface area contributed by atoms with Crippen LogP contribution in [-0.4, -0.2) is 130 Å². The van der Waals surface area contributed by atoms with Gasteiger partial charge >= 0.3 is 112 Å². The molecule has 6 unspecified atom stereocenters. The number of hydrogen-bond donors (Lipinski definition) is 4. The van der Waals surface area contributed by atoms with Crippen LogP contribution in [0.4, 0.5) is 0 Å². The molecule has 4 N–H and O–H groups in total. The van der Waals surface area contributed by atoms with Crippen LogP contribution in [0.3, 0.4) is 0 Å². The molecular weight excluding hydrogens is 2620 g/mol. The molecule has 800 valence electrons. The number of aromatic hydroxyl groups is 1. The standard InChI is InChI=1S/C24H30O4.C19H24O9P2.C19H22O3.C15H25BrO2.C9H6O2.CH2O3.2K.H2P2S.S9.S8.S7.S4.H/c1-4-21-14-22(17-25)16-23(15-21)28-18-20(3)9-7-8-19(2)11-13-27-24-10-5-6-12-26-24;1-4-17-10-18(13-20)12-19(11-17)26-14-16(3)7-5-6-15(2)8-9-27-30(24,25)28-29(21,22)23;1-4-17-10-18(13-21)12-19(11-17)22-14-16(3)7-5-6-15(2)8-9-20;1-13(6-5-7-14(2)12-16)9-11-18-15-8-3-4-10-17-15;1-2-7-3-8(6-10)5-9(11)4-7;2-1-4-3;;;1-2-3;1-3-5-7-9-8-6-4-2;1-3-5-7-8-6-4-2;1-3-5-7-6-4-2;1-3-4-2;/h1,9,11,14-17,24H,5-8,10,12-13,18H2,2-3H3;1,7-8,10-13H,5-6,9,14H2,2-3H3,(H,24,25)(H2,21,22,23);1,7-8,10-13,20H,5-6,9,14H2,2-3H3;7,9,15H,3-6,8,10-12H2,1-2H3;1,3-6,11H;1,3H;;;1H2;;;;;/q;;;;;;2*+1;;;;;;-1/p-1/b19-11+,20-9+;2*15-8+,16-7+;13-9+,14-7+;;;;;;;;;;/i/hT. The maximum absolute atomic E-state index is 11.3. The number of halogens is 1. The Balaban J connectivity index is -0.000000257.